The molecule has 6 nitrogen and oxygen atoms in total. The van der Waals surface area contributed by atoms with Gasteiger partial charge in [-0.15, -0.1) is 21.5 Å². The van der Waals surface area contributed by atoms with Gasteiger partial charge in [0.25, 0.3) is 0 Å². The number of thiazole rings is 1. The minimum atomic E-state index is 0.752. The van der Waals surface area contributed by atoms with Gasteiger partial charge in [-0.2, -0.15) is 0 Å². The average Bonchev–Trinajstić information content (AvgIpc) is 3.21. The fraction of sp³-hybridized carbons (Fsp3) is 0.200. The Hall–Kier alpha value is -2.54. The fourth-order valence-electron chi connectivity index (χ4n) is 2.45. The molecule has 0 radical (unpaired) electrons. The van der Waals surface area contributed by atoms with Crippen LogP contribution in [0.5, 0.6) is 5.75 Å². The molecule has 0 aliphatic carbocycles. The largest absolute Gasteiger partial charge is 0.496 e. The zero-order valence-electron chi connectivity index (χ0n) is 11.9. The molecule has 110 valence electrons. The summed E-state index contributed by atoms with van der Waals surface area (Å²) in [5.74, 6) is 2.39. The van der Waals surface area contributed by atoms with Crippen molar-refractivity contribution in [2.75, 3.05) is 13.7 Å². The first-order chi connectivity index (χ1) is 10.9. The third-order valence-electron chi connectivity index (χ3n) is 3.51. The van der Waals surface area contributed by atoms with Gasteiger partial charge < -0.3 is 9.30 Å². The standard InChI is InChI=1S/C15H13N5OS/c1-21-12-5-3-2-4-10(12)15-17-11(9-22-15)14-19-18-13-8-16-6-7-20(13)14/h2-5,8-9H,6-7H2,1H3. The number of rotatable bonds is 3. The average molecular weight is 311 g/mol. The van der Waals surface area contributed by atoms with Crippen molar-refractivity contribution in [3.05, 3.63) is 35.5 Å². The van der Waals surface area contributed by atoms with Crippen LogP contribution in [-0.2, 0) is 6.54 Å². The quantitative estimate of drug-likeness (QED) is 0.745. The number of nitrogens with zero attached hydrogens (tertiary/aromatic N) is 5. The SMILES string of the molecule is COc1ccccc1-c1nc(-c2nnc3n2CCN=C3)cs1. The lowest BCUT2D eigenvalue weighted by molar-refractivity contribution is 0.416. The van der Waals surface area contributed by atoms with E-state index in [0.29, 0.717) is 0 Å². The van der Waals surface area contributed by atoms with E-state index < -0.39 is 0 Å². The van der Waals surface area contributed by atoms with Gasteiger partial charge in [-0.25, -0.2) is 4.98 Å². The number of hydrogen-bond acceptors (Lipinski definition) is 6. The molecule has 0 bridgehead atoms. The van der Waals surface area contributed by atoms with Gasteiger partial charge in [0.15, 0.2) is 11.6 Å². The topological polar surface area (TPSA) is 65.2 Å². The number of aliphatic imine (C=N–C) groups is 1. The maximum Gasteiger partial charge on any atom is 0.183 e. The predicted molar refractivity (Wildman–Crippen MR) is 85.6 cm³/mol. The molecule has 0 spiro atoms. The first-order valence-electron chi connectivity index (χ1n) is 6.89. The highest BCUT2D eigenvalue weighted by atomic mass is 32.1. The number of aromatic nitrogens is 4. The molecule has 0 saturated carbocycles. The van der Waals surface area contributed by atoms with E-state index in [4.69, 9.17) is 9.72 Å². The molecule has 7 heteroatoms. The van der Waals surface area contributed by atoms with Gasteiger partial charge in [-0.3, -0.25) is 4.99 Å². The molecular formula is C15H13N5OS. The van der Waals surface area contributed by atoms with E-state index in [1.807, 2.05) is 34.2 Å². The molecule has 2 aromatic heterocycles. The van der Waals surface area contributed by atoms with Crippen LogP contribution in [0.15, 0.2) is 34.6 Å². The molecule has 0 saturated heterocycles. The summed E-state index contributed by atoms with van der Waals surface area (Å²) in [5, 5.41) is 11.3. The van der Waals surface area contributed by atoms with E-state index in [-0.39, 0.29) is 0 Å². The Morgan fingerprint density at radius 2 is 2.14 bits per heavy atom. The summed E-state index contributed by atoms with van der Waals surface area (Å²) in [6.45, 7) is 1.54. The van der Waals surface area contributed by atoms with Gasteiger partial charge in [-0.05, 0) is 12.1 Å². The van der Waals surface area contributed by atoms with Crippen molar-refractivity contribution < 1.29 is 4.74 Å². The van der Waals surface area contributed by atoms with Crippen LogP contribution in [0, 0.1) is 0 Å². The van der Waals surface area contributed by atoms with Gasteiger partial charge in [0, 0.05) is 11.9 Å². The Labute approximate surface area is 131 Å². The zero-order valence-corrected chi connectivity index (χ0v) is 12.7. The Bertz CT molecular complexity index is 851. The Kier molecular flexibility index (Phi) is 3.19. The van der Waals surface area contributed by atoms with Crippen molar-refractivity contribution in [1.82, 2.24) is 19.7 Å². The van der Waals surface area contributed by atoms with E-state index in [9.17, 15) is 0 Å². The summed E-state index contributed by atoms with van der Waals surface area (Å²) in [6, 6.07) is 7.87. The fourth-order valence-corrected chi connectivity index (χ4v) is 3.27. The number of para-hydroxylation sites is 1. The number of benzene rings is 1. The van der Waals surface area contributed by atoms with Gasteiger partial charge in [0.2, 0.25) is 0 Å². The summed E-state index contributed by atoms with van der Waals surface area (Å²) in [6.07, 6.45) is 1.76. The van der Waals surface area contributed by atoms with Gasteiger partial charge in [-0.1, -0.05) is 12.1 Å². The van der Waals surface area contributed by atoms with Crippen LogP contribution in [0.4, 0.5) is 0 Å². The van der Waals surface area contributed by atoms with E-state index in [2.05, 4.69) is 15.2 Å². The molecule has 4 rings (SSSR count). The van der Waals surface area contributed by atoms with E-state index in [1.165, 1.54) is 0 Å². The number of hydrogen-bond donors (Lipinski definition) is 0. The number of ether oxygens (including phenoxy) is 1. The summed E-state index contributed by atoms with van der Waals surface area (Å²) in [5.41, 5.74) is 1.82. The molecule has 0 amide bonds. The van der Waals surface area contributed by atoms with E-state index >= 15 is 0 Å². The third-order valence-corrected chi connectivity index (χ3v) is 4.39. The third kappa shape index (κ3) is 2.10. The maximum absolute atomic E-state index is 5.41. The highest BCUT2D eigenvalue weighted by Crippen LogP contribution is 2.34. The van der Waals surface area contributed by atoms with Crippen molar-refractivity contribution in [2.24, 2.45) is 4.99 Å². The normalized spacial score (nSPS) is 13.1. The lowest BCUT2D eigenvalue weighted by Crippen LogP contribution is -2.12. The Morgan fingerprint density at radius 3 is 3.05 bits per heavy atom. The second kappa shape index (κ2) is 5.34. The zero-order chi connectivity index (χ0) is 14.9. The molecule has 0 fully saturated rings. The van der Waals surface area contributed by atoms with Crippen LogP contribution >= 0.6 is 11.3 Å². The van der Waals surface area contributed by atoms with Crippen LogP contribution in [0.1, 0.15) is 5.82 Å². The summed E-state index contributed by atoms with van der Waals surface area (Å²) in [4.78, 5) is 8.93. The van der Waals surface area contributed by atoms with Crippen LogP contribution in [-0.4, -0.2) is 39.6 Å². The van der Waals surface area contributed by atoms with Crippen molar-refractivity contribution in [2.45, 2.75) is 6.54 Å². The lowest BCUT2D eigenvalue weighted by atomic mass is 10.2. The molecular weight excluding hydrogens is 298 g/mol. The maximum atomic E-state index is 5.41. The van der Waals surface area contributed by atoms with Crippen LogP contribution in [0.25, 0.3) is 22.1 Å². The van der Waals surface area contributed by atoms with Crippen LogP contribution in [0.3, 0.4) is 0 Å². The van der Waals surface area contributed by atoms with Gasteiger partial charge >= 0.3 is 0 Å². The Balaban J connectivity index is 1.76. The molecule has 3 aromatic rings. The minimum Gasteiger partial charge on any atom is -0.496 e. The summed E-state index contributed by atoms with van der Waals surface area (Å²) in [7, 11) is 1.67. The van der Waals surface area contributed by atoms with Crippen LogP contribution < -0.4 is 4.74 Å². The number of methoxy groups -OCH3 is 1. The van der Waals surface area contributed by atoms with Gasteiger partial charge in [0.1, 0.15) is 16.5 Å². The van der Waals surface area contributed by atoms with Crippen molar-refractivity contribution >= 4 is 17.6 Å². The highest BCUT2D eigenvalue weighted by Gasteiger charge is 2.18. The van der Waals surface area contributed by atoms with Crippen molar-refractivity contribution in [3.63, 3.8) is 0 Å². The van der Waals surface area contributed by atoms with Crippen molar-refractivity contribution in [3.8, 4) is 27.8 Å². The summed E-state index contributed by atoms with van der Waals surface area (Å²) < 4.78 is 7.46. The minimum absolute atomic E-state index is 0.752. The molecule has 1 aliphatic rings. The number of fused-ring (bicyclic) bond motifs is 1. The van der Waals surface area contributed by atoms with Crippen molar-refractivity contribution in [1.29, 1.82) is 0 Å². The monoisotopic (exact) mass is 311 g/mol. The van der Waals surface area contributed by atoms with E-state index in [1.54, 1.807) is 24.7 Å². The molecule has 1 aliphatic heterocycles. The highest BCUT2D eigenvalue weighted by molar-refractivity contribution is 7.13. The smallest absolute Gasteiger partial charge is 0.183 e. The molecule has 0 atom stereocenters. The molecule has 22 heavy (non-hydrogen) atoms. The molecule has 3 heterocycles. The van der Waals surface area contributed by atoms with E-state index in [0.717, 1.165) is 46.8 Å². The Morgan fingerprint density at radius 1 is 1.23 bits per heavy atom. The first kappa shape index (κ1) is 13.1. The second-order valence-corrected chi connectivity index (χ2v) is 5.67. The lowest BCUT2D eigenvalue weighted by Gasteiger charge is -2.08. The predicted octanol–water partition coefficient (Wildman–Crippen LogP) is 2.51. The molecule has 0 unspecified atom stereocenters. The molecule has 0 N–H and O–H groups in total. The first-order valence-corrected chi connectivity index (χ1v) is 7.77. The molecule has 1 aromatic carbocycles. The summed E-state index contributed by atoms with van der Waals surface area (Å²) >= 11 is 1.58. The second-order valence-electron chi connectivity index (χ2n) is 4.81. The van der Waals surface area contributed by atoms with Crippen LogP contribution in [0.2, 0.25) is 0 Å². The van der Waals surface area contributed by atoms with Gasteiger partial charge in [0.05, 0.1) is 25.4 Å².